The van der Waals surface area contributed by atoms with E-state index in [0.717, 1.165) is 42.5 Å². The van der Waals surface area contributed by atoms with Gasteiger partial charge in [-0.2, -0.15) is 0 Å². The number of furan rings is 1. The summed E-state index contributed by atoms with van der Waals surface area (Å²) in [6.07, 6.45) is 3.14. The van der Waals surface area contributed by atoms with Crippen LogP contribution in [0, 0.1) is 13.8 Å². The number of aryl methyl sites for hydroxylation is 2. The quantitative estimate of drug-likeness (QED) is 0.416. The van der Waals surface area contributed by atoms with Gasteiger partial charge in [0, 0.05) is 11.1 Å². The number of thioether (sulfide) groups is 1. The fourth-order valence-corrected chi connectivity index (χ4v) is 4.62. The predicted molar refractivity (Wildman–Crippen MR) is 103 cm³/mol. The van der Waals surface area contributed by atoms with Gasteiger partial charge in [-0.1, -0.05) is 11.8 Å². The molecule has 132 valence electrons. The van der Waals surface area contributed by atoms with E-state index in [4.69, 9.17) is 4.42 Å². The lowest BCUT2D eigenvalue weighted by Gasteiger charge is -2.03. The zero-order valence-electron chi connectivity index (χ0n) is 14.3. The van der Waals surface area contributed by atoms with E-state index < -0.39 is 0 Å². The number of aromatic nitrogens is 3. The smallest absolute Gasteiger partial charge is 0.230 e. The third kappa shape index (κ3) is 3.30. The zero-order chi connectivity index (χ0) is 18.1. The molecular formula is C18H16N4O2S2. The number of nitrogens with one attached hydrogen (secondary N) is 1. The molecule has 4 heterocycles. The van der Waals surface area contributed by atoms with Crippen LogP contribution in [0.5, 0.6) is 0 Å². The van der Waals surface area contributed by atoms with Gasteiger partial charge in [-0.3, -0.25) is 4.79 Å². The van der Waals surface area contributed by atoms with Crippen molar-refractivity contribution < 1.29 is 9.21 Å². The lowest BCUT2D eigenvalue weighted by atomic mass is 10.2. The maximum atomic E-state index is 12.1. The molecule has 0 fully saturated rings. The van der Waals surface area contributed by atoms with Crippen LogP contribution in [-0.2, 0) is 11.3 Å². The van der Waals surface area contributed by atoms with Crippen molar-refractivity contribution >= 4 is 49.4 Å². The van der Waals surface area contributed by atoms with Crippen LogP contribution in [0.15, 0.2) is 40.2 Å². The molecule has 0 aromatic carbocycles. The van der Waals surface area contributed by atoms with Crippen molar-refractivity contribution in [2.75, 3.05) is 5.75 Å². The van der Waals surface area contributed by atoms with Gasteiger partial charge in [0.2, 0.25) is 5.91 Å². The summed E-state index contributed by atoms with van der Waals surface area (Å²) < 4.78 is 6.19. The minimum absolute atomic E-state index is 0.0657. The summed E-state index contributed by atoms with van der Waals surface area (Å²) in [5, 5.41) is 4.69. The molecule has 4 aromatic rings. The second kappa shape index (κ2) is 7.05. The van der Waals surface area contributed by atoms with Gasteiger partial charge >= 0.3 is 0 Å². The van der Waals surface area contributed by atoms with Gasteiger partial charge in [0.05, 0.1) is 28.8 Å². The van der Waals surface area contributed by atoms with Crippen molar-refractivity contribution in [2.24, 2.45) is 0 Å². The number of thiophene rings is 1. The Balaban J connectivity index is 1.54. The van der Waals surface area contributed by atoms with Crippen molar-refractivity contribution in [2.45, 2.75) is 25.4 Å². The van der Waals surface area contributed by atoms with Gasteiger partial charge < -0.3 is 9.73 Å². The van der Waals surface area contributed by atoms with Gasteiger partial charge in [-0.15, -0.1) is 11.3 Å². The Morgan fingerprint density at radius 1 is 1.35 bits per heavy atom. The van der Waals surface area contributed by atoms with Crippen LogP contribution in [-0.4, -0.2) is 26.6 Å². The maximum absolute atomic E-state index is 12.1. The van der Waals surface area contributed by atoms with Crippen molar-refractivity contribution in [3.05, 3.63) is 47.8 Å². The Hall–Kier alpha value is -2.45. The fourth-order valence-electron chi connectivity index (χ4n) is 2.56. The van der Waals surface area contributed by atoms with Crippen LogP contribution in [0.2, 0.25) is 0 Å². The highest BCUT2D eigenvalue weighted by molar-refractivity contribution is 8.00. The first-order chi connectivity index (χ1) is 12.6. The average molecular weight is 384 g/mol. The van der Waals surface area contributed by atoms with E-state index in [1.807, 2.05) is 19.9 Å². The average Bonchev–Trinajstić information content (AvgIpc) is 3.27. The first-order valence-corrected chi connectivity index (χ1v) is 9.85. The van der Waals surface area contributed by atoms with Gasteiger partial charge in [-0.25, -0.2) is 15.0 Å². The molecular weight excluding hydrogens is 368 g/mol. The molecule has 1 amide bonds. The highest BCUT2D eigenvalue weighted by Gasteiger charge is 2.15. The summed E-state index contributed by atoms with van der Waals surface area (Å²) in [6.45, 7) is 4.44. The van der Waals surface area contributed by atoms with Crippen LogP contribution in [0.1, 0.15) is 17.0 Å². The van der Waals surface area contributed by atoms with E-state index in [0.29, 0.717) is 6.54 Å². The molecule has 0 bridgehead atoms. The summed E-state index contributed by atoms with van der Waals surface area (Å²) >= 11 is 2.98. The minimum atomic E-state index is -0.0657. The highest BCUT2D eigenvalue weighted by atomic mass is 32.2. The fraction of sp³-hybridized carbons (Fsp3) is 0.222. The summed E-state index contributed by atoms with van der Waals surface area (Å²) in [7, 11) is 0. The van der Waals surface area contributed by atoms with Crippen molar-refractivity contribution in [1.82, 2.24) is 20.3 Å². The molecule has 0 atom stereocenters. The predicted octanol–water partition coefficient (Wildman–Crippen LogP) is 3.86. The topological polar surface area (TPSA) is 80.9 Å². The molecule has 0 saturated heterocycles. The number of amides is 1. The molecule has 8 heteroatoms. The maximum Gasteiger partial charge on any atom is 0.230 e. The number of carbonyl (C=O) groups is 1. The summed E-state index contributed by atoms with van der Waals surface area (Å²) in [6, 6.07) is 5.75. The lowest BCUT2D eigenvalue weighted by molar-refractivity contribution is -0.118. The van der Waals surface area contributed by atoms with Crippen LogP contribution in [0.3, 0.4) is 0 Å². The molecule has 0 aliphatic rings. The second-order valence-electron chi connectivity index (χ2n) is 5.85. The molecule has 0 saturated carbocycles. The van der Waals surface area contributed by atoms with E-state index >= 15 is 0 Å². The first-order valence-electron chi connectivity index (χ1n) is 8.05. The Labute approximate surface area is 158 Å². The number of hydrogen-bond donors (Lipinski definition) is 1. The van der Waals surface area contributed by atoms with Crippen LogP contribution in [0.25, 0.3) is 20.4 Å². The molecule has 0 aliphatic heterocycles. The molecule has 26 heavy (non-hydrogen) atoms. The molecule has 1 N–H and O–H groups in total. The number of nitrogens with zero attached hydrogens (tertiary/aromatic N) is 3. The molecule has 6 nitrogen and oxygen atoms in total. The van der Waals surface area contributed by atoms with E-state index in [9.17, 15) is 4.79 Å². The van der Waals surface area contributed by atoms with Crippen molar-refractivity contribution in [3.63, 3.8) is 0 Å². The monoisotopic (exact) mass is 384 g/mol. The number of rotatable bonds is 5. The molecule has 4 aromatic heterocycles. The molecule has 0 aliphatic carbocycles. The Morgan fingerprint density at radius 3 is 3.04 bits per heavy atom. The summed E-state index contributed by atoms with van der Waals surface area (Å²) in [4.78, 5) is 26.5. The highest BCUT2D eigenvalue weighted by Crippen LogP contribution is 2.36. The largest absolute Gasteiger partial charge is 0.467 e. The minimum Gasteiger partial charge on any atom is -0.467 e. The van der Waals surface area contributed by atoms with E-state index in [1.54, 1.807) is 30.0 Å². The van der Waals surface area contributed by atoms with Gasteiger partial charge in [0.15, 0.2) is 0 Å². The molecule has 0 spiro atoms. The van der Waals surface area contributed by atoms with Crippen LogP contribution in [0.4, 0.5) is 0 Å². The second-order valence-corrected chi connectivity index (χ2v) is 7.81. The van der Waals surface area contributed by atoms with Gasteiger partial charge in [0.25, 0.3) is 0 Å². The Morgan fingerprint density at radius 2 is 2.23 bits per heavy atom. The number of fused-ring (bicyclic) bond motifs is 3. The first kappa shape index (κ1) is 17.0. The van der Waals surface area contributed by atoms with Crippen LogP contribution < -0.4 is 5.32 Å². The van der Waals surface area contributed by atoms with Crippen molar-refractivity contribution in [3.8, 4) is 0 Å². The van der Waals surface area contributed by atoms with Gasteiger partial charge in [-0.05, 0) is 37.6 Å². The Bertz CT molecular complexity index is 1090. The third-order valence-electron chi connectivity index (χ3n) is 4.04. The van der Waals surface area contributed by atoms with E-state index in [-0.39, 0.29) is 11.7 Å². The summed E-state index contributed by atoms with van der Waals surface area (Å²) in [5.74, 6) is 0.949. The van der Waals surface area contributed by atoms with E-state index in [2.05, 4.69) is 26.3 Å². The molecule has 0 radical (unpaired) electrons. The van der Waals surface area contributed by atoms with E-state index in [1.165, 1.54) is 11.8 Å². The summed E-state index contributed by atoms with van der Waals surface area (Å²) in [5.41, 5.74) is 3.06. The van der Waals surface area contributed by atoms with Crippen molar-refractivity contribution in [1.29, 1.82) is 0 Å². The lowest BCUT2D eigenvalue weighted by Crippen LogP contribution is -2.24. The zero-order valence-corrected chi connectivity index (χ0v) is 15.9. The SMILES string of the molecule is Cc1cc2c(nc1C)sc1c(SCC(=O)NCc3ccco3)ncnc12. The normalized spacial score (nSPS) is 11.3. The third-order valence-corrected chi connectivity index (χ3v) is 6.25. The Kier molecular flexibility index (Phi) is 4.60. The van der Waals surface area contributed by atoms with Gasteiger partial charge in [0.1, 0.15) is 21.9 Å². The number of hydrogen-bond acceptors (Lipinski definition) is 7. The molecule has 4 rings (SSSR count). The molecule has 0 unspecified atom stereocenters. The number of carbonyl (C=O) groups excluding carboxylic acids is 1. The van der Waals surface area contributed by atoms with Crippen LogP contribution >= 0.6 is 23.1 Å². The number of pyridine rings is 1. The standard InChI is InChI=1S/C18H16N4O2S2/c1-10-6-13-15-16(26-17(13)22-11(10)2)18(21-9-20-15)25-8-14(23)19-7-12-4-3-5-24-12/h3-6,9H,7-8H2,1-2H3,(H,19,23).